The van der Waals surface area contributed by atoms with E-state index in [4.69, 9.17) is 0 Å². The summed E-state index contributed by atoms with van der Waals surface area (Å²) in [6.45, 7) is 8.76. The van der Waals surface area contributed by atoms with E-state index in [-0.39, 0.29) is 0 Å². The van der Waals surface area contributed by atoms with Gasteiger partial charge in [-0.2, -0.15) is 0 Å². The molecule has 2 rings (SSSR count). The molecular formula is C12H22N4. The number of nitrogens with one attached hydrogen (secondary N) is 1. The van der Waals surface area contributed by atoms with Gasteiger partial charge in [-0.1, -0.05) is 20.8 Å². The fourth-order valence-electron chi connectivity index (χ4n) is 1.77. The van der Waals surface area contributed by atoms with E-state index in [1.54, 1.807) is 0 Å². The Bertz CT molecular complexity index is 333. The molecule has 90 valence electrons. The minimum Gasteiger partial charge on any atom is -0.316 e. The monoisotopic (exact) mass is 222 g/mol. The van der Waals surface area contributed by atoms with Crippen molar-refractivity contribution in [2.75, 3.05) is 13.1 Å². The lowest BCUT2D eigenvalue weighted by Gasteiger charge is -2.18. The van der Waals surface area contributed by atoms with Gasteiger partial charge in [0.1, 0.15) is 12.2 Å². The lowest BCUT2D eigenvalue weighted by atomic mass is 9.97. The highest BCUT2D eigenvalue weighted by Gasteiger charge is 2.25. The Morgan fingerprint density at radius 3 is 2.81 bits per heavy atom. The molecule has 0 amide bonds. The van der Waals surface area contributed by atoms with E-state index in [1.165, 1.54) is 12.8 Å². The van der Waals surface area contributed by atoms with Gasteiger partial charge in [-0.05, 0) is 18.3 Å². The van der Waals surface area contributed by atoms with Gasteiger partial charge in [0.25, 0.3) is 0 Å². The fraction of sp³-hybridized carbons (Fsp3) is 0.833. The van der Waals surface area contributed by atoms with Crippen LogP contribution in [0.3, 0.4) is 0 Å². The summed E-state index contributed by atoms with van der Waals surface area (Å²) in [6, 6.07) is 0.688. The number of aromatic nitrogens is 3. The van der Waals surface area contributed by atoms with E-state index in [0.29, 0.717) is 11.5 Å². The van der Waals surface area contributed by atoms with Crippen LogP contribution in [0.25, 0.3) is 0 Å². The number of rotatable bonds is 5. The minimum absolute atomic E-state index is 0.351. The molecule has 0 radical (unpaired) electrons. The van der Waals surface area contributed by atoms with Crippen LogP contribution in [-0.2, 0) is 6.42 Å². The van der Waals surface area contributed by atoms with Gasteiger partial charge >= 0.3 is 0 Å². The molecule has 4 heteroatoms. The molecule has 1 aliphatic carbocycles. The summed E-state index contributed by atoms with van der Waals surface area (Å²) in [7, 11) is 0. The Morgan fingerprint density at radius 1 is 1.44 bits per heavy atom. The molecule has 1 heterocycles. The molecule has 0 spiro atoms. The van der Waals surface area contributed by atoms with Crippen molar-refractivity contribution in [3.63, 3.8) is 0 Å². The second-order valence-corrected chi connectivity index (χ2v) is 5.87. The van der Waals surface area contributed by atoms with Gasteiger partial charge in [0, 0.05) is 25.6 Å². The van der Waals surface area contributed by atoms with Crippen LogP contribution < -0.4 is 5.32 Å². The van der Waals surface area contributed by atoms with E-state index in [0.717, 1.165) is 25.3 Å². The van der Waals surface area contributed by atoms with Gasteiger partial charge in [0.2, 0.25) is 0 Å². The molecule has 1 aliphatic rings. The van der Waals surface area contributed by atoms with E-state index >= 15 is 0 Å². The zero-order valence-corrected chi connectivity index (χ0v) is 10.5. The molecular weight excluding hydrogens is 200 g/mol. The van der Waals surface area contributed by atoms with Crippen LogP contribution in [0.1, 0.15) is 45.5 Å². The van der Waals surface area contributed by atoms with Gasteiger partial charge in [-0.15, -0.1) is 10.2 Å². The van der Waals surface area contributed by atoms with Crippen LogP contribution >= 0.6 is 0 Å². The quantitative estimate of drug-likeness (QED) is 0.772. The van der Waals surface area contributed by atoms with Crippen molar-refractivity contribution in [2.24, 2.45) is 5.41 Å². The molecule has 0 unspecified atom stereocenters. The highest BCUT2D eigenvalue weighted by Crippen LogP contribution is 2.35. The second kappa shape index (κ2) is 4.53. The summed E-state index contributed by atoms with van der Waals surface area (Å²) in [5, 5.41) is 11.6. The Kier molecular flexibility index (Phi) is 3.28. The van der Waals surface area contributed by atoms with E-state index in [9.17, 15) is 0 Å². The molecule has 0 bridgehead atoms. The first-order chi connectivity index (χ1) is 7.56. The third-order valence-corrected chi connectivity index (χ3v) is 2.77. The highest BCUT2D eigenvalue weighted by atomic mass is 15.3. The van der Waals surface area contributed by atoms with Crippen molar-refractivity contribution in [1.82, 2.24) is 20.1 Å². The molecule has 4 nitrogen and oxygen atoms in total. The maximum atomic E-state index is 4.18. The third-order valence-electron chi connectivity index (χ3n) is 2.77. The lowest BCUT2D eigenvalue weighted by Crippen LogP contribution is -2.29. The third kappa shape index (κ3) is 3.30. The van der Waals surface area contributed by atoms with Gasteiger partial charge in [0.15, 0.2) is 0 Å². The van der Waals surface area contributed by atoms with Crippen molar-refractivity contribution in [2.45, 2.75) is 46.1 Å². The number of hydrogen-bond acceptors (Lipinski definition) is 3. The Labute approximate surface area is 97.5 Å². The first kappa shape index (κ1) is 11.6. The van der Waals surface area contributed by atoms with Crippen molar-refractivity contribution in [1.29, 1.82) is 0 Å². The fourth-order valence-corrected chi connectivity index (χ4v) is 1.77. The largest absolute Gasteiger partial charge is 0.316 e. The molecule has 1 aromatic rings. The normalized spacial score (nSPS) is 16.7. The smallest absolute Gasteiger partial charge is 0.134 e. The average Bonchev–Trinajstić information content (AvgIpc) is 2.92. The first-order valence-corrected chi connectivity index (χ1v) is 6.15. The Morgan fingerprint density at radius 2 is 2.19 bits per heavy atom. The molecule has 0 atom stereocenters. The molecule has 1 aromatic heterocycles. The van der Waals surface area contributed by atoms with Gasteiger partial charge in [-0.3, -0.25) is 0 Å². The molecule has 1 saturated carbocycles. The standard InChI is InChI=1S/C12H22N4/c1-12(2,3)8-13-7-6-11-15-14-9-16(11)10-4-5-10/h9-10,13H,4-8H2,1-3H3. The van der Waals surface area contributed by atoms with E-state index in [2.05, 4.69) is 40.9 Å². The first-order valence-electron chi connectivity index (χ1n) is 6.15. The molecule has 1 N–H and O–H groups in total. The van der Waals surface area contributed by atoms with Crippen molar-refractivity contribution >= 4 is 0 Å². The average molecular weight is 222 g/mol. The zero-order chi connectivity index (χ0) is 11.6. The highest BCUT2D eigenvalue weighted by molar-refractivity contribution is 4.95. The Balaban J connectivity index is 1.74. The maximum Gasteiger partial charge on any atom is 0.134 e. The topological polar surface area (TPSA) is 42.7 Å². The van der Waals surface area contributed by atoms with Crippen LogP contribution in [0.2, 0.25) is 0 Å². The van der Waals surface area contributed by atoms with Gasteiger partial charge in [0.05, 0.1) is 0 Å². The van der Waals surface area contributed by atoms with Crippen LogP contribution in [0.5, 0.6) is 0 Å². The summed E-state index contributed by atoms with van der Waals surface area (Å²) >= 11 is 0. The van der Waals surface area contributed by atoms with Crippen LogP contribution in [0.15, 0.2) is 6.33 Å². The molecule has 1 fully saturated rings. The van der Waals surface area contributed by atoms with Crippen LogP contribution in [-0.4, -0.2) is 27.9 Å². The van der Waals surface area contributed by atoms with Gasteiger partial charge in [-0.25, -0.2) is 0 Å². The van der Waals surface area contributed by atoms with Crippen LogP contribution in [0.4, 0.5) is 0 Å². The summed E-state index contributed by atoms with van der Waals surface area (Å²) in [4.78, 5) is 0. The molecule has 0 aliphatic heterocycles. The summed E-state index contributed by atoms with van der Waals surface area (Å²) < 4.78 is 2.23. The predicted molar refractivity (Wildman–Crippen MR) is 64.3 cm³/mol. The zero-order valence-electron chi connectivity index (χ0n) is 10.5. The van der Waals surface area contributed by atoms with Crippen molar-refractivity contribution in [3.8, 4) is 0 Å². The van der Waals surface area contributed by atoms with E-state index in [1.807, 2.05) is 6.33 Å². The minimum atomic E-state index is 0.351. The molecule has 16 heavy (non-hydrogen) atoms. The summed E-state index contributed by atoms with van der Waals surface area (Å²) in [5.41, 5.74) is 0.351. The van der Waals surface area contributed by atoms with E-state index < -0.39 is 0 Å². The van der Waals surface area contributed by atoms with Crippen LogP contribution in [0, 0.1) is 5.41 Å². The Hall–Kier alpha value is -0.900. The number of hydrogen-bond donors (Lipinski definition) is 1. The van der Waals surface area contributed by atoms with Gasteiger partial charge < -0.3 is 9.88 Å². The predicted octanol–water partition coefficient (Wildman–Crippen LogP) is 1.79. The molecule has 0 saturated heterocycles. The SMILES string of the molecule is CC(C)(C)CNCCc1nncn1C1CC1. The summed E-state index contributed by atoms with van der Waals surface area (Å²) in [5.74, 6) is 1.13. The number of nitrogens with zero attached hydrogens (tertiary/aromatic N) is 3. The maximum absolute atomic E-state index is 4.18. The lowest BCUT2D eigenvalue weighted by molar-refractivity contribution is 0.380. The van der Waals surface area contributed by atoms with Crippen molar-refractivity contribution < 1.29 is 0 Å². The molecule has 0 aromatic carbocycles. The summed E-state index contributed by atoms with van der Waals surface area (Å²) in [6.07, 6.45) is 5.43. The van der Waals surface area contributed by atoms with Crippen molar-refractivity contribution in [3.05, 3.63) is 12.2 Å². The second-order valence-electron chi connectivity index (χ2n) is 5.87.